The van der Waals surface area contributed by atoms with Crippen LogP contribution in [0.3, 0.4) is 0 Å². The molecule has 23 heavy (non-hydrogen) atoms. The minimum atomic E-state index is -3.24. The molecule has 0 atom stereocenters. The van der Waals surface area contributed by atoms with Gasteiger partial charge < -0.3 is 13.3 Å². The smallest absolute Gasteiger partial charge is 0.374 e. The van der Waals surface area contributed by atoms with Crippen LogP contribution in [0.4, 0.5) is 22.0 Å². The van der Waals surface area contributed by atoms with Crippen LogP contribution in [0.15, 0.2) is 0 Å². The third-order valence-electron chi connectivity index (χ3n) is 3.07. The second-order valence-electron chi connectivity index (χ2n) is 4.53. The third-order valence-corrected chi connectivity index (χ3v) is 6.12. The summed E-state index contributed by atoms with van der Waals surface area (Å²) in [7, 11) is -3.24. The van der Waals surface area contributed by atoms with Gasteiger partial charge in [0.15, 0.2) is 23.3 Å². The van der Waals surface area contributed by atoms with Gasteiger partial charge in [0, 0.05) is 31.4 Å². The second kappa shape index (κ2) is 8.72. The number of hydrogen-bond acceptors (Lipinski definition) is 3. The normalized spacial score (nSPS) is 12.0. The molecule has 0 radical (unpaired) electrons. The lowest BCUT2D eigenvalue weighted by Gasteiger charge is -2.28. The van der Waals surface area contributed by atoms with E-state index in [0.717, 1.165) is 0 Å². The molecule has 0 heterocycles. The molecule has 1 aromatic rings. The van der Waals surface area contributed by atoms with Gasteiger partial charge in [-0.05, 0) is 27.2 Å². The highest BCUT2D eigenvalue weighted by Crippen LogP contribution is 2.27. The van der Waals surface area contributed by atoms with E-state index in [1.807, 2.05) is 0 Å². The molecule has 0 amide bonds. The molecular formula is C14H19F5O3Si. The van der Waals surface area contributed by atoms with Crippen molar-refractivity contribution in [3.8, 4) is 0 Å². The molecular weight excluding hydrogens is 339 g/mol. The van der Waals surface area contributed by atoms with Gasteiger partial charge in [-0.2, -0.15) is 0 Å². The predicted octanol–water partition coefficient (Wildman–Crippen LogP) is 3.97. The fourth-order valence-corrected chi connectivity index (χ4v) is 4.71. The highest BCUT2D eigenvalue weighted by atomic mass is 28.4. The van der Waals surface area contributed by atoms with Crippen molar-refractivity contribution >= 4 is 8.80 Å². The molecule has 0 aromatic heterocycles. The van der Waals surface area contributed by atoms with Crippen molar-refractivity contribution < 1.29 is 35.2 Å². The van der Waals surface area contributed by atoms with Crippen molar-refractivity contribution in [1.29, 1.82) is 0 Å². The summed E-state index contributed by atoms with van der Waals surface area (Å²) in [4.78, 5) is 0. The summed E-state index contributed by atoms with van der Waals surface area (Å²) in [5, 5.41) is 0. The minimum absolute atomic E-state index is 0.0964. The van der Waals surface area contributed by atoms with Gasteiger partial charge in [0.1, 0.15) is 0 Å². The van der Waals surface area contributed by atoms with Crippen LogP contribution in [0.5, 0.6) is 0 Å². The Morgan fingerprint density at radius 1 is 0.652 bits per heavy atom. The van der Waals surface area contributed by atoms with Crippen LogP contribution in [0.2, 0.25) is 6.04 Å². The first-order valence-electron chi connectivity index (χ1n) is 7.25. The first-order chi connectivity index (χ1) is 10.8. The number of halogens is 5. The molecule has 0 saturated carbocycles. The van der Waals surface area contributed by atoms with Gasteiger partial charge in [-0.1, -0.05) is 0 Å². The quantitative estimate of drug-likeness (QED) is 0.289. The summed E-state index contributed by atoms with van der Waals surface area (Å²) in [5.41, 5.74) is -0.891. The minimum Gasteiger partial charge on any atom is -0.374 e. The summed E-state index contributed by atoms with van der Waals surface area (Å²) < 4.78 is 83.4. The molecule has 0 saturated heterocycles. The standard InChI is InChI=1S/C14H19F5O3Si/c1-4-20-23(21-5-2,22-6-3)8-7-9-10(15)12(17)14(19)13(18)11(9)16/h4-8H2,1-3H3. The predicted molar refractivity (Wildman–Crippen MR) is 75.4 cm³/mol. The molecule has 0 aliphatic heterocycles. The van der Waals surface area contributed by atoms with Crippen molar-refractivity contribution in [1.82, 2.24) is 0 Å². The maximum atomic E-state index is 13.7. The Kier molecular flexibility index (Phi) is 7.58. The third kappa shape index (κ3) is 4.49. The Balaban J connectivity index is 3.11. The zero-order chi connectivity index (χ0) is 17.6. The zero-order valence-corrected chi connectivity index (χ0v) is 14.2. The summed E-state index contributed by atoms with van der Waals surface area (Å²) in [6.07, 6.45) is -0.446. The Morgan fingerprint density at radius 3 is 1.35 bits per heavy atom. The topological polar surface area (TPSA) is 27.7 Å². The maximum Gasteiger partial charge on any atom is 0.501 e. The van der Waals surface area contributed by atoms with Gasteiger partial charge in [-0.3, -0.25) is 0 Å². The SMILES string of the molecule is CCO[Si](CCc1c(F)c(F)c(F)c(F)c1F)(OCC)OCC. The monoisotopic (exact) mass is 358 g/mol. The van der Waals surface area contributed by atoms with E-state index >= 15 is 0 Å². The Bertz CT molecular complexity index is 496. The Morgan fingerprint density at radius 2 is 1.00 bits per heavy atom. The summed E-state index contributed by atoms with van der Waals surface area (Å²) in [5.74, 6) is -9.78. The summed E-state index contributed by atoms with van der Waals surface area (Å²) in [6.45, 7) is 5.80. The lowest BCUT2D eigenvalue weighted by atomic mass is 10.1. The zero-order valence-electron chi connectivity index (χ0n) is 13.2. The molecule has 1 rings (SSSR count). The van der Waals surface area contributed by atoms with Gasteiger partial charge in [-0.15, -0.1) is 0 Å². The largest absolute Gasteiger partial charge is 0.501 e. The molecule has 0 fully saturated rings. The molecule has 0 unspecified atom stereocenters. The Labute approximate surface area is 132 Å². The molecule has 3 nitrogen and oxygen atoms in total. The average Bonchev–Trinajstić information content (AvgIpc) is 2.52. The first-order valence-corrected chi connectivity index (χ1v) is 9.18. The van der Waals surface area contributed by atoms with E-state index < -0.39 is 49.9 Å². The second-order valence-corrected chi connectivity index (χ2v) is 7.26. The summed E-state index contributed by atoms with van der Waals surface area (Å²) in [6, 6.07) is -0.0964. The van der Waals surface area contributed by atoms with Gasteiger partial charge in [-0.25, -0.2) is 22.0 Å². The van der Waals surface area contributed by atoms with Gasteiger partial charge in [0.2, 0.25) is 5.82 Å². The van der Waals surface area contributed by atoms with E-state index in [1.165, 1.54) is 0 Å². The molecule has 0 aliphatic carbocycles. The number of rotatable bonds is 9. The van der Waals surface area contributed by atoms with Crippen LogP contribution in [-0.2, 0) is 19.7 Å². The van der Waals surface area contributed by atoms with Gasteiger partial charge >= 0.3 is 8.80 Å². The van der Waals surface area contributed by atoms with Crippen LogP contribution in [0.1, 0.15) is 26.3 Å². The fraction of sp³-hybridized carbons (Fsp3) is 0.571. The maximum absolute atomic E-state index is 13.7. The molecule has 0 aliphatic rings. The first kappa shape index (κ1) is 20.0. The van der Waals surface area contributed by atoms with Crippen molar-refractivity contribution in [3.63, 3.8) is 0 Å². The highest BCUT2D eigenvalue weighted by molar-refractivity contribution is 6.60. The lowest BCUT2D eigenvalue weighted by Crippen LogP contribution is -2.46. The Hall–Kier alpha value is -1.03. The van der Waals surface area contributed by atoms with E-state index in [2.05, 4.69) is 0 Å². The fourth-order valence-electron chi connectivity index (χ4n) is 2.15. The molecule has 9 heteroatoms. The lowest BCUT2D eigenvalue weighted by molar-refractivity contribution is 0.0713. The van der Waals surface area contributed by atoms with Crippen LogP contribution < -0.4 is 0 Å². The molecule has 0 bridgehead atoms. The number of benzene rings is 1. The van der Waals surface area contributed by atoms with Crippen molar-refractivity contribution in [2.45, 2.75) is 33.2 Å². The number of hydrogen-bond donors (Lipinski definition) is 0. The molecule has 0 spiro atoms. The van der Waals surface area contributed by atoms with Gasteiger partial charge in [0.25, 0.3) is 0 Å². The van der Waals surface area contributed by atoms with Gasteiger partial charge in [0.05, 0.1) is 0 Å². The van der Waals surface area contributed by atoms with Crippen LogP contribution in [-0.4, -0.2) is 28.6 Å². The van der Waals surface area contributed by atoms with E-state index in [0.29, 0.717) is 0 Å². The highest BCUT2D eigenvalue weighted by Gasteiger charge is 2.41. The van der Waals surface area contributed by atoms with E-state index in [-0.39, 0.29) is 25.9 Å². The molecule has 0 N–H and O–H groups in total. The van der Waals surface area contributed by atoms with E-state index in [9.17, 15) is 22.0 Å². The van der Waals surface area contributed by atoms with E-state index in [1.54, 1.807) is 20.8 Å². The van der Waals surface area contributed by atoms with Crippen LogP contribution in [0.25, 0.3) is 0 Å². The van der Waals surface area contributed by atoms with E-state index in [4.69, 9.17) is 13.3 Å². The average molecular weight is 358 g/mol. The molecule has 132 valence electrons. The molecule has 1 aromatic carbocycles. The van der Waals surface area contributed by atoms with Crippen molar-refractivity contribution in [3.05, 3.63) is 34.6 Å². The summed E-state index contributed by atoms with van der Waals surface area (Å²) >= 11 is 0. The van der Waals surface area contributed by atoms with Crippen molar-refractivity contribution in [2.75, 3.05) is 19.8 Å². The van der Waals surface area contributed by atoms with Crippen LogP contribution >= 0.6 is 0 Å². The van der Waals surface area contributed by atoms with Crippen LogP contribution in [0, 0.1) is 29.1 Å². The van der Waals surface area contributed by atoms with Crippen molar-refractivity contribution in [2.24, 2.45) is 0 Å².